The number of nitrogens with one attached hydrogen (secondary N) is 1. The summed E-state index contributed by atoms with van der Waals surface area (Å²) in [4.78, 5) is 26.6. The first kappa shape index (κ1) is 26.9. The van der Waals surface area contributed by atoms with E-state index >= 15 is 0 Å². The van der Waals surface area contributed by atoms with Gasteiger partial charge in [0.25, 0.3) is 0 Å². The molecule has 0 atom stereocenters. The van der Waals surface area contributed by atoms with Crippen molar-refractivity contribution in [2.75, 3.05) is 18.2 Å². The van der Waals surface area contributed by atoms with E-state index in [9.17, 15) is 14.0 Å². The minimum absolute atomic E-state index is 0.0806. The molecule has 2 heterocycles. The molecular formula is C26H29FN4O4S2. The number of thioether (sulfide) groups is 1. The van der Waals surface area contributed by atoms with E-state index in [0.29, 0.717) is 33.8 Å². The fourth-order valence-corrected chi connectivity index (χ4v) is 6.20. The quantitative estimate of drug-likeness (QED) is 0.207. The Labute approximate surface area is 223 Å². The van der Waals surface area contributed by atoms with Crippen LogP contribution in [0.25, 0.3) is 0 Å². The molecule has 1 amide bonds. The summed E-state index contributed by atoms with van der Waals surface area (Å²) in [5.41, 5.74) is 1.49. The molecule has 1 aliphatic rings. The Morgan fingerprint density at radius 1 is 1.19 bits per heavy atom. The molecule has 0 spiro atoms. The Kier molecular flexibility index (Phi) is 9.34. The number of esters is 1. The fraction of sp³-hybridized carbons (Fsp3) is 0.385. The van der Waals surface area contributed by atoms with Crippen molar-refractivity contribution in [3.05, 3.63) is 64.6 Å². The minimum Gasteiger partial charge on any atom is -0.486 e. The zero-order valence-corrected chi connectivity index (χ0v) is 22.3. The van der Waals surface area contributed by atoms with Crippen LogP contribution in [0.4, 0.5) is 9.39 Å². The maximum Gasteiger partial charge on any atom is 0.341 e. The number of nitrogens with zero attached hydrogens (tertiary/aromatic N) is 3. The highest BCUT2D eigenvalue weighted by molar-refractivity contribution is 7.99. The largest absolute Gasteiger partial charge is 0.486 e. The molecule has 3 aromatic rings. The van der Waals surface area contributed by atoms with E-state index in [1.165, 1.54) is 60.9 Å². The number of anilines is 1. The van der Waals surface area contributed by atoms with Gasteiger partial charge in [-0.3, -0.25) is 9.36 Å². The second-order valence-electron chi connectivity index (χ2n) is 8.49. The number of ether oxygens (including phenoxy) is 2. The molecular weight excluding hydrogens is 515 g/mol. The van der Waals surface area contributed by atoms with E-state index in [1.807, 2.05) is 4.57 Å². The van der Waals surface area contributed by atoms with Crippen LogP contribution in [0.1, 0.15) is 52.3 Å². The summed E-state index contributed by atoms with van der Waals surface area (Å²) in [6, 6.07) is 5.72. The van der Waals surface area contributed by atoms with E-state index in [4.69, 9.17) is 9.47 Å². The maximum atomic E-state index is 13.1. The zero-order valence-electron chi connectivity index (χ0n) is 20.6. The molecule has 2 aromatic heterocycles. The number of amides is 1. The molecule has 8 nitrogen and oxygen atoms in total. The molecule has 0 unspecified atom stereocenters. The topological polar surface area (TPSA) is 95.3 Å². The third-order valence-electron chi connectivity index (χ3n) is 5.93. The number of aryl methyl sites for hydroxylation is 1. The van der Waals surface area contributed by atoms with Crippen molar-refractivity contribution in [2.24, 2.45) is 0 Å². The first-order chi connectivity index (χ1) is 18.0. The first-order valence-electron chi connectivity index (χ1n) is 12.1. The lowest BCUT2D eigenvalue weighted by Crippen LogP contribution is -2.17. The fourth-order valence-electron chi connectivity index (χ4n) is 4.14. The Hall–Kier alpha value is -3.18. The second-order valence-corrected chi connectivity index (χ2v) is 10.5. The normalized spacial score (nSPS) is 13.2. The highest BCUT2D eigenvalue weighted by Gasteiger charge is 2.26. The van der Waals surface area contributed by atoms with Gasteiger partial charge in [0.05, 0.1) is 18.4 Å². The number of allylic oxidation sites excluding steroid dienone is 1. The van der Waals surface area contributed by atoms with Gasteiger partial charge in [0.15, 0.2) is 11.0 Å². The maximum absolute atomic E-state index is 13.1. The van der Waals surface area contributed by atoms with Gasteiger partial charge in [-0.2, -0.15) is 0 Å². The third kappa shape index (κ3) is 6.78. The van der Waals surface area contributed by atoms with Crippen LogP contribution >= 0.6 is 23.1 Å². The van der Waals surface area contributed by atoms with E-state index in [0.717, 1.165) is 42.5 Å². The molecule has 196 valence electrons. The number of hydrogen-bond acceptors (Lipinski definition) is 8. The minimum atomic E-state index is -0.419. The summed E-state index contributed by atoms with van der Waals surface area (Å²) in [7, 11) is 1.36. The van der Waals surface area contributed by atoms with Crippen LogP contribution in [0, 0.1) is 5.82 Å². The van der Waals surface area contributed by atoms with Crippen LogP contribution in [0.3, 0.4) is 0 Å². The summed E-state index contributed by atoms with van der Waals surface area (Å²) in [5, 5.41) is 12.4. The molecule has 37 heavy (non-hydrogen) atoms. The Morgan fingerprint density at radius 3 is 2.68 bits per heavy atom. The monoisotopic (exact) mass is 544 g/mol. The Morgan fingerprint density at radius 2 is 1.95 bits per heavy atom. The van der Waals surface area contributed by atoms with Crippen LogP contribution in [0.5, 0.6) is 5.75 Å². The van der Waals surface area contributed by atoms with Gasteiger partial charge in [-0.05, 0) is 55.5 Å². The molecule has 0 aliphatic heterocycles. The molecule has 0 radical (unpaired) electrons. The highest BCUT2D eigenvalue weighted by atomic mass is 32.2. The number of hydrogen-bond donors (Lipinski definition) is 1. The van der Waals surface area contributed by atoms with E-state index in [-0.39, 0.29) is 24.1 Å². The third-order valence-corrected chi connectivity index (χ3v) is 8.11. The molecule has 1 aliphatic carbocycles. The van der Waals surface area contributed by atoms with Crippen molar-refractivity contribution < 1.29 is 23.5 Å². The van der Waals surface area contributed by atoms with Gasteiger partial charge in [0, 0.05) is 11.4 Å². The highest BCUT2D eigenvalue weighted by Crippen LogP contribution is 2.37. The number of thiophene rings is 1. The number of aromatic nitrogens is 3. The van der Waals surface area contributed by atoms with E-state index < -0.39 is 5.97 Å². The van der Waals surface area contributed by atoms with Gasteiger partial charge in [-0.1, -0.05) is 30.7 Å². The molecule has 11 heteroatoms. The van der Waals surface area contributed by atoms with Crippen molar-refractivity contribution in [3.63, 3.8) is 0 Å². The number of rotatable bonds is 10. The number of carbonyl (C=O) groups excluding carboxylic acids is 2. The number of methoxy groups -OCH3 is 1. The average Bonchev–Trinajstić information content (AvgIpc) is 3.42. The molecule has 0 bridgehead atoms. The van der Waals surface area contributed by atoms with Crippen LogP contribution in [0.2, 0.25) is 0 Å². The lowest BCUT2D eigenvalue weighted by molar-refractivity contribution is -0.113. The molecule has 0 saturated heterocycles. The molecule has 1 N–H and O–H groups in total. The Bertz CT molecular complexity index is 1260. The van der Waals surface area contributed by atoms with Crippen molar-refractivity contribution in [2.45, 2.75) is 56.8 Å². The van der Waals surface area contributed by atoms with Crippen molar-refractivity contribution in [3.8, 4) is 5.75 Å². The van der Waals surface area contributed by atoms with E-state index in [1.54, 1.807) is 6.08 Å². The average molecular weight is 545 g/mol. The smallest absolute Gasteiger partial charge is 0.341 e. The summed E-state index contributed by atoms with van der Waals surface area (Å²) in [5.74, 6) is 0.135. The lowest BCUT2D eigenvalue weighted by Gasteiger charge is -2.11. The van der Waals surface area contributed by atoms with Gasteiger partial charge in [-0.25, -0.2) is 9.18 Å². The van der Waals surface area contributed by atoms with E-state index in [2.05, 4.69) is 22.1 Å². The van der Waals surface area contributed by atoms with Crippen LogP contribution in [-0.2, 0) is 35.5 Å². The van der Waals surface area contributed by atoms with Gasteiger partial charge < -0.3 is 14.8 Å². The van der Waals surface area contributed by atoms with Crippen LogP contribution < -0.4 is 10.1 Å². The summed E-state index contributed by atoms with van der Waals surface area (Å²) in [6.07, 6.45) is 7.82. The van der Waals surface area contributed by atoms with Crippen molar-refractivity contribution in [1.82, 2.24) is 14.8 Å². The summed E-state index contributed by atoms with van der Waals surface area (Å²) < 4.78 is 25.7. The van der Waals surface area contributed by atoms with Gasteiger partial charge in [0.2, 0.25) is 5.91 Å². The first-order valence-corrected chi connectivity index (χ1v) is 13.9. The predicted octanol–water partition coefficient (Wildman–Crippen LogP) is 5.42. The van der Waals surface area contributed by atoms with Gasteiger partial charge in [0.1, 0.15) is 23.2 Å². The molecule has 4 rings (SSSR count). The van der Waals surface area contributed by atoms with Crippen molar-refractivity contribution >= 4 is 40.0 Å². The van der Waals surface area contributed by atoms with Gasteiger partial charge >= 0.3 is 5.97 Å². The van der Waals surface area contributed by atoms with Gasteiger partial charge in [-0.15, -0.1) is 28.1 Å². The van der Waals surface area contributed by atoms with Crippen molar-refractivity contribution in [1.29, 1.82) is 0 Å². The predicted molar refractivity (Wildman–Crippen MR) is 142 cm³/mol. The molecule has 0 saturated carbocycles. The number of halogens is 1. The number of benzene rings is 1. The standard InChI is InChI=1S/C26H29FN4O4S2/c1-3-14-31-21(15-35-18-12-10-17(27)11-13-18)29-30-26(31)36-16-22(32)28-24-23(25(33)34-2)19-8-6-4-5-7-9-20(19)37-24/h3,10-13H,1,4-9,14-16H2,2H3,(H,28,32). The summed E-state index contributed by atoms with van der Waals surface area (Å²) in [6.45, 7) is 4.35. The Balaban J connectivity index is 1.43. The lowest BCUT2D eigenvalue weighted by atomic mass is 9.96. The van der Waals surface area contributed by atoms with Crippen LogP contribution in [0.15, 0.2) is 42.1 Å². The number of fused-ring (bicyclic) bond motifs is 1. The molecule has 0 fully saturated rings. The molecule has 1 aromatic carbocycles. The SMILES string of the molecule is C=CCn1c(COc2ccc(F)cc2)nnc1SCC(=O)Nc1sc2c(c1C(=O)OC)CCCCCC2. The van der Waals surface area contributed by atoms with Crippen LogP contribution in [-0.4, -0.2) is 39.5 Å². The second kappa shape index (κ2) is 12.9. The number of carbonyl (C=O) groups is 2. The summed E-state index contributed by atoms with van der Waals surface area (Å²) >= 11 is 2.70. The zero-order chi connectivity index (χ0) is 26.2.